The Bertz CT molecular complexity index is 282. The number of rotatable bonds is 6. The molecule has 0 aromatic carbocycles. The van der Waals surface area contributed by atoms with Crippen LogP contribution < -0.4 is 10.6 Å². The second-order valence-electron chi connectivity index (χ2n) is 6.90. The van der Waals surface area contributed by atoms with Gasteiger partial charge in [-0.2, -0.15) is 0 Å². The molecule has 2 rings (SSSR count). The van der Waals surface area contributed by atoms with Crippen molar-refractivity contribution in [1.82, 2.24) is 10.6 Å². The monoisotopic (exact) mass is 270 g/mol. The second-order valence-corrected chi connectivity index (χ2v) is 6.90. The molecular weight excluding hydrogens is 240 g/mol. The molecule has 1 heterocycles. The second kappa shape index (κ2) is 6.08. The van der Waals surface area contributed by atoms with Gasteiger partial charge >= 0.3 is 0 Å². The van der Waals surface area contributed by atoms with Crippen molar-refractivity contribution in [3.63, 3.8) is 0 Å². The molecule has 0 amide bonds. The smallest absolute Gasteiger partial charge is 0.0652 e. The van der Waals surface area contributed by atoms with Gasteiger partial charge in [0.1, 0.15) is 0 Å². The summed E-state index contributed by atoms with van der Waals surface area (Å²) in [6.45, 7) is 8.75. The largest absolute Gasteiger partial charge is 0.384 e. The maximum Gasteiger partial charge on any atom is 0.0652 e. The molecule has 2 atom stereocenters. The van der Waals surface area contributed by atoms with Crippen LogP contribution in [0.4, 0.5) is 0 Å². The summed E-state index contributed by atoms with van der Waals surface area (Å²) < 4.78 is 11.0. The van der Waals surface area contributed by atoms with Crippen molar-refractivity contribution in [1.29, 1.82) is 0 Å². The predicted octanol–water partition coefficient (Wildman–Crippen LogP) is 1.41. The van der Waals surface area contributed by atoms with Gasteiger partial charge in [0.25, 0.3) is 0 Å². The van der Waals surface area contributed by atoms with Gasteiger partial charge in [0, 0.05) is 37.6 Å². The summed E-state index contributed by atoms with van der Waals surface area (Å²) in [5, 5.41) is 7.22. The number of piperidine rings is 1. The zero-order chi connectivity index (χ0) is 13.9. The van der Waals surface area contributed by atoms with Crippen molar-refractivity contribution >= 4 is 0 Å². The molecular formula is C15H30N2O2. The molecule has 0 bridgehead atoms. The molecule has 2 unspecified atom stereocenters. The van der Waals surface area contributed by atoms with Crippen LogP contribution in [0.2, 0.25) is 0 Å². The van der Waals surface area contributed by atoms with Crippen LogP contribution in [-0.4, -0.2) is 52.6 Å². The minimum atomic E-state index is 0.246. The third kappa shape index (κ3) is 3.13. The first kappa shape index (κ1) is 15.2. The first-order valence-corrected chi connectivity index (χ1v) is 7.50. The number of hydrogen-bond acceptors (Lipinski definition) is 4. The average Bonchev–Trinajstić information content (AvgIpc) is 2.39. The summed E-state index contributed by atoms with van der Waals surface area (Å²) >= 11 is 0. The molecule has 0 spiro atoms. The zero-order valence-electron chi connectivity index (χ0n) is 12.9. The van der Waals surface area contributed by atoms with E-state index in [0.717, 1.165) is 32.7 Å². The molecule has 2 N–H and O–H groups in total. The van der Waals surface area contributed by atoms with Crippen LogP contribution in [-0.2, 0) is 9.47 Å². The first-order valence-electron chi connectivity index (χ1n) is 7.50. The minimum absolute atomic E-state index is 0.246. The Morgan fingerprint density at radius 1 is 1.21 bits per heavy atom. The Kier molecular flexibility index (Phi) is 4.88. The lowest BCUT2D eigenvalue weighted by Gasteiger charge is -2.52. The van der Waals surface area contributed by atoms with Crippen LogP contribution in [0.15, 0.2) is 0 Å². The fourth-order valence-corrected chi connectivity index (χ4v) is 3.61. The first-order chi connectivity index (χ1) is 9.04. The van der Waals surface area contributed by atoms with Gasteiger partial charge in [-0.15, -0.1) is 0 Å². The highest BCUT2D eigenvalue weighted by molar-refractivity contribution is 5.03. The van der Waals surface area contributed by atoms with E-state index >= 15 is 0 Å². The molecule has 0 aromatic heterocycles. The van der Waals surface area contributed by atoms with Crippen molar-refractivity contribution in [2.45, 2.75) is 45.3 Å². The minimum Gasteiger partial charge on any atom is -0.384 e. The normalized spacial score (nSPS) is 32.8. The Morgan fingerprint density at radius 2 is 1.89 bits per heavy atom. The molecule has 1 saturated carbocycles. The molecule has 4 heteroatoms. The fourth-order valence-electron chi connectivity index (χ4n) is 3.61. The predicted molar refractivity (Wildman–Crippen MR) is 77.4 cm³/mol. The Labute approximate surface area is 117 Å². The summed E-state index contributed by atoms with van der Waals surface area (Å²) in [7, 11) is 3.64. The van der Waals surface area contributed by atoms with Crippen molar-refractivity contribution in [2.75, 3.05) is 40.5 Å². The van der Waals surface area contributed by atoms with Crippen LogP contribution in [0.25, 0.3) is 0 Å². The molecule has 0 aromatic rings. The highest BCUT2D eigenvalue weighted by atomic mass is 16.5. The number of hydrogen-bond donors (Lipinski definition) is 2. The van der Waals surface area contributed by atoms with E-state index < -0.39 is 0 Å². The Hall–Kier alpha value is -0.160. The molecule has 1 aliphatic carbocycles. The van der Waals surface area contributed by atoms with Gasteiger partial charge < -0.3 is 20.1 Å². The number of methoxy groups -OCH3 is 2. The molecule has 19 heavy (non-hydrogen) atoms. The quantitative estimate of drug-likeness (QED) is 0.766. The van der Waals surface area contributed by atoms with Crippen molar-refractivity contribution in [3.8, 4) is 0 Å². The summed E-state index contributed by atoms with van der Waals surface area (Å²) in [5.41, 5.74) is 0.560. The van der Waals surface area contributed by atoms with Gasteiger partial charge in [-0.05, 0) is 32.4 Å². The van der Waals surface area contributed by atoms with E-state index in [9.17, 15) is 0 Å². The standard InChI is InChI=1S/C15H30N2O2/c1-14(2)12(9-13(14)19-4)17-10-15(11-18-3)5-7-16-8-6-15/h12-13,16-17H,5-11H2,1-4H3. The lowest BCUT2D eigenvalue weighted by molar-refractivity contribution is -0.101. The molecule has 112 valence electrons. The third-order valence-corrected chi connectivity index (χ3v) is 5.30. The van der Waals surface area contributed by atoms with Crippen LogP contribution >= 0.6 is 0 Å². The van der Waals surface area contributed by atoms with Crippen LogP contribution in [0.1, 0.15) is 33.1 Å². The molecule has 0 radical (unpaired) electrons. The zero-order valence-corrected chi connectivity index (χ0v) is 12.9. The van der Waals surface area contributed by atoms with E-state index in [1.54, 1.807) is 0 Å². The molecule has 1 saturated heterocycles. The van der Waals surface area contributed by atoms with Gasteiger partial charge in [0.15, 0.2) is 0 Å². The van der Waals surface area contributed by atoms with Crippen molar-refractivity contribution in [2.24, 2.45) is 10.8 Å². The molecule has 2 aliphatic rings. The van der Waals surface area contributed by atoms with Gasteiger partial charge in [-0.25, -0.2) is 0 Å². The van der Waals surface area contributed by atoms with E-state index in [4.69, 9.17) is 9.47 Å². The molecule has 4 nitrogen and oxygen atoms in total. The van der Waals surface area contributed by atoms with Gasteiger partial charge in [0.05, 0.1) is 12.7 Å². The van der Waals surface area contributed by atoms with Crippen molar-refractivity contribution in [3.05, 3.63) is 0 Å². The van der Waals surface area contributed by atoms with Crippen LogP contribution in [0.5, 0.6) is 0 Å². The molecule has 1 aliphatic heterocycles. The van der Waals surface area contributed by atoms with Gasteiger partial charge in [-0.1, -0.05) is 13.8 Å². The third-order valence-electron chi connectivity index (χ3n) is 5.30. The van der Waals surface area contributed by atoms with E-state index in [-0.39, 0.29) is 5.41 Å². The Balaban J connectivity index is 1.86. The maximum absolute atomic E-state index is 5.52. The number of nitrogens with one attached hydrogen (secondary N) is 2. The highest BCUT2D eigenvalue weighted by Gasteiger charge is 2.49. The lowest BCUT2D eigenvalue weighted by Crippen LogP contribution is -2.62. The highest BCUT2D eigenvalue weighted by Crippen LogP contribution is 2.43. The maximum atomic E-state index is 5.52. The summed E-state index contributed by atoms with van der Waals surface area (Å²) in [4.78, 5) is 0. The van der Waals surface area contributed by atoms with Crippen LogP contribution in [0, 0.1) is 10.8 Å². The fraction of sp³-hybridized carbons (Fsp3) is 1.00. The number of ether oxygens (including phenoxy) is 2. The Morgan fingerprint density at radius 3 is 2.42 bits per heavy atom. The van der Waals surface area contributed by atoms with E-state index in [1.165, 1.54) is 12.8 Å². The summed E-state index contributed by atoms with van der Waals surface area (Å²) in [6.07, 6.45) is 3.94. The SMILES string of the molecule is COCC1(CNC2CC(OC)C2(C)C)CCNCC1. The summed E-state index contributed by atoms with van der Waals surface area (Å²) in [6, 6.07) is 0.570. The summed E-state index contributed by atoms with van der Waals surface area (Å²) in [5.74, 6) is 0. The van der Waals surface area contributed by atoms with E-state index in [0.29, 0.717) is 17.6 Å². The molecule has 2 fully saturated rings. The van der Waals surface area contributed by atoms with Crippen LogP contribution in [0.3, 0.4) is 0 Å². The lowest BCUT2D eigenvalue weighted by atomic mass is 9.64. The van der Waals surface area contributed by atoms with E-state index in [2.05, 4.69) is 24.5 Å². The topological polar surface area (TPSA) is 42.5 Å². The average molecular weight is 270 g/mol. The van der Waals surface area contributed by atoms with Gasteiger partial charge in [-0.3, -0.25) is 0 Å². The van der Waals surface area contributed by atoms with Crippen molar-refractivity contribution < 1.29 is 9.47 Å². The van der Waals surface area contributed by atoms with Gasteiger partial charge in [0.2, 0.25) is 0 Å². The van der Waals surface area contributed by atoms with E-state index in [1.807, 2.05) is 14.2 Å².